The van der Waals surface area contributed by atoms with Gasteiger partial charge in [-0.2, -0.15) is 0 Å². The van der Waals surface area contributed by atoms with E-state index in [1.165, 1.54) is 12.8 Å². The Morgan fingerprint density at radius 1 is 0.889 bits per heavy atom. The van der Waals surface area contributed by atoms with Gasteiger partial charge in [0.1, 0.15) is 12.1 Å². The molecule has 2 fully saturated rings. The number of anilines is 1. The minimum atomic E-state index is 0.479. The number of nitrogens with one attached hydrogen (secondary N) is 1. The maximum atomic E-state index is 4.62. The molecule has 3 heterocycles. The average Bonchev–Trinajstić information content (AvgIpc) is 2.71. The highest BCUT2D eigenvalue weighted by Gasteiger charge is 2.44. The van der Waals surface area contributed by atoms with Gasteiger partial charge < -0.3 is 10.2 Å². The van der Waals surface area contributed by atoms with Crippen molar-refractivity contribution >= 4 is 16.7 Å². The summed E-state index contributed by atoms with van der Waals surface area (Å²) in [7, 11) is 0. The summed E-state index contributed by atoms with van der Waals surface area (Å²) in [5.41, 5.74) is 3.49. The SMILES string of the molecule is C(#Cc1ccc2ncnc(N3CC4(CCNCC4)C3)c2c1)c1ccccc1. The first-order valence-electron chi connectivity index (χ1n) is 9.59. The lowest BCUT2D eigenvalue weighted by molar-refractivity contribution is 0.149. The molecular weight excluding hydrogens is 332 g/mol. The van der Waals surface area contributed by atoms with Crippen LogP contribution in [0.25, 0.3) is 10.9 Å². The van der Waals surface area contributed by atoms with Crippen molar-refractivity contribution in [2.24, 2.45) is 5.41 Å². The minimum absolute atomic E-state index is 0.479. The van der Waals surface area contributed by atoms with Crippen molar-refractivity contribution < 1.29 is 0 Å². The molecule has 5 rings (SSSR count). The molecule has 4 nitrogen and oxygen atoms in total. The fourth-order valence-corrected chi connectivity index (χ4v) is 4.23. The molecule has 2 aliphatic heterocycles. The van der Waals surface area contributed by atoms with Crippen LogP contribution in [-0.4, -0.2) is 36.1 Å². The second kappa shape index (κ2) is 6.68. The Hall–Kier alpha value is -2.90. The number of hydrogen-bond donors (Lipinski definition) is 1. The molecule has 4 heteroatoms. The fourth-order valence-electron chi connectivity index (χ4n) is 4.23. The number of piperidine rings is 1. The molecular formula is C23H22N4. The van der Waals surface area contributed by atoms with Crippen molar-refractivity contribution in [3.63, 3.8) is 0 Å². The van der Waals surface area contributed by atoms with Crippen molar-refractivity contribution in [1.29, 1.82) is 0 Å². The van der Waals surface area contributed by atoms with E-state index in [1.54, 1.807) is 6.33 Å². The molecule has 2 saturated heterocycles. The lowest BCUT2D eigenvalue weighted by Gasteiger charge is -2.53. The van der Waals surface area contributed by atoms with E-state index in [0.29, 0.717) is 5.41 Å². The summed E-state index contributed by atoms with van der Waals surface area (Å²) in [6, 6.07) is 16.3. The van der Waals surface area contributed by atoms with Gasteiger partial charge in [-0.3, -0.25) is 0 Å². The van der Waals surface area contributed by atoms with Crippen LogP contribution in [0.2, 0.25) is 0 Å². The highest BCUT2D eigenvalue weighted by molar-refractivity contribution is 5.90. The van der Waals surface area contributed by atoms with E-state index in [9.17, 15) is 0 Å². The number of fused-ring (bicyclic) bond motifs is 1. The van der Waals surface area contributed by atoms with Crippen LogP contribution < -0.4 is 10.2 Å². The predicted octanol–water partition coefficient (Wildman–Crippen LogP) is 3.22. The third kappa shape index (κ3) is 3.15. The zero-order chi connectivity index (χ0) is 18.1. The third-order valence-corrected chi connectivity index (χ3v) is 5.76. The van der Waals surface area contributed by atoms with E-state index >= 15 is 0 Å². The minimum Gasteiger partial charge on any atom is -0.355 e. The summed E-state index contributed by atoms with van der Waals surface area (Å²) < 4.78 is 0. The molecule has 0 unspecified atom stereocenters. The first-order valence-corrected chi connectivity index (χ1v) is 9.59. The molecule has 134 valence electrons. The maximum Gasteiger partial charge on any atom is 0.139 e. The van der Waals surface area contributed by atoms with Crippen LogP contribution in [0.15, 0.2) is 54.9 Å². The maximum absolute atomic E-state index is 4.62. The van der Waals surface area contributed by atoms with Gasteiger partial charge in [0.25, 0.3) is 0 Å². The number of rotatable bonds is 1. The van der Waals surface area contributed by atoms with Gasteiger partial charge in [0.2, 0.25) is 0 Å². The Morgan fingerprint density at radius 3 is 2.48 bits per heavy atom. The molecule has 2 aromatic carbocycles. The van der Waals surface area contributed by atoms with Crippen LogP contribution in [0.5, 0.6) is 0 Å². The third-order valence-electron chi connectivity index (χ3n) is 5.76. The van der Waals surface area contributed by atoms with E-state index < -0.39 is 0 Å². The van der Waals surface area contributed by atoms with Gasteiger partial charge in [-0.15, -0.1) is 0 Å². The van der Waals surface area contributed by atoms with Gasteiger partial charge in [0.15, 0.2) is 0 Å². The quantitative estimate of drug-likeness (QED) is 0.681. The normalized spacial score (nSPS) is 18.0. The van der Waals surface area contributed by atoms with Gasteiger partial charge in [0.05, 0.1) is 5.52 Å². The van der Waals surface area contributed by atoms with Gasteiger partial charge in [-0.1, -0.05) is 30.0 Å². The Bertz CT molecular complexity index is 1020. The van der Waals surface area contributed by atoms with Crippen molar-refractivity contribution in [2.45, 2.75) is 12.8 Å². The van der Waals surface area contributed by atoms with E-state index in [0.717, 1.165) is 54.0 Å². The molecule has 0 atom stereocenters. The van der Waals surface area contributed by atoms with Crippen LogP contribution in [0.4, 0.5) is 5.82 Å². The summed E-state index contributed by atoms with van der Waals surface area (Å²) >= 11 is 0. The van der Waals surface area contributed by atoms with Crippen molar-refractivity contribution in [3.05, 3.63) is 66.0 Å². The monoisotopic (exact) mass is 354 g/mol. The zero-order valence-electron chi connectivity index (χ0n) is 15.3. The average molecular weight is 354 g/mol. The summed E-state index contributed by atoms with van der Waals surface area (Å²) in [6.45, 7) is 4.47. The molecule has 2 aliphatic rings. The van der Waals surface area contributed by atoms with Gasteiger partial charge >= 0.3 is 0 Å². The summed E-state index contributed by atoms with van der Waals surface area (Å²) in [5, 5.41) is 4.57. The standard InChI is InChI=1S/C23H22N4/c1-2-4-18(5-3-1)6-7-19-8-9-21-20(14-19)22(26-17-25-21)27-15-23(16-27)10-12-24-13-11-23/h1-5,8-9,14,17,24H,10-13,15-16H2. The van der Waals surface area contributed by atoms with Gasteiger partial charge in [-0.25, -0.2) is 9.97 Å². The van der Waals surface area contributed by atoms with Crippen molar-refractivity contribution in [1.82, 2.24) is 15.3 Å². The molecule has 0 aliphatic carbocycles. The highest BCUT2D eigenvalue weighted by atomic mass is 15.3. The van der Waals surface area contributed by atoms with E-state index in [1.807, 2.05) is 36.4 Å². The largest absolute Gasteiger partial charge is 0.355 e. The van der Waals surface area contributed by atoms with Crippen LogP contribution in [0, 0.1) is 17.3 Å². The van der Waals surface area contributed by atoms with Crippen molar-refractivity contribution in [2.75, 3.05) is 31.1 Å². The number of benzene rings is 2. The van der Waals surface area contributed by atoms with E-state index in [-0.39, 0.29) is 0 Å². The lowest BCUT2D eigenvalue weighted by Crippen LogP contribution is -2.60. The topological polar surface area (TPSA) is 41.1 Å². The van der Waals surface area contributed by atoms with Crippen LogP contribution in [0.3, 0.4) is 0 Å². The van der Waals surface area contributed by atoms with Crippen LogP contribution in [0.1, 0.15) is 24.0 Å². The molecule has 27 heavy (non-hydrogen) atoms. The molecule has 0 radical (unpaired) electrons. The second-order valence-electron chi connectivity index (χ2n) is 7.65. The zero-order valence-corrected chi connectivity index (χ0v) is 15.3. The first-order chi connectivity index (χ1) is 13.3. The Labute approximate surface area is 159 Å². The second-order valence-corrected chi connectivity index (χ2v) is 7.65. The van der Waals surface area contributed by atoms with Crippen LogP contribution in [-0.2, 0) is 0 Å². The number of aromatic nitrogens is 2. The highest BCUT2D eigenvalue weighted by Crippen LogP contribution is 2.42. The first kappa shape index (κ1) is 16.3. The Kier molecular flexibility index (Phi) is 4.03. The Morgan fingerprint density at radius 2 is 1.67 bits per heavy atom. The van der Waals surface area contributed by atoms with Crippen molar-refractivity contribution in [3.8, 4) is 11.8 Å². The molecule has 3 aromatic rings. The molecule has 1 aromatic heterocycles. The molecule has 0 saturated carbocycles. The molecule has 0 amide bonds. The van der Waals surface area contributed by atoms with Gasteiger partial charge in [-0.05, 0) is 56.3 Å². The fraction of sp³-hybridized carbons (Fsp3) is 0.304. The van der Waals surface area contributed by atoms with E-state index in [2.05, 4.69) is 44.2 Å². The summed E-state index contributed by atoms with van der Waals surface area (Å²) in [5.74, 6) is 7.57. The smallest absolute Gasteiger partial charge is 0.139 e. The molecule has 1 spiro atoms. The molecule has 1 N–H and O–H groups in total. The summed E-state index contributed by atoms with van der Waals surface area (Å²) in [6.07, 6.45) is 4.21. The number of hydrogen-bond acceptors (Lipinski definition) is 4. The Balaban J connectivity index is 1.45. The van der Waals surface area contributed by atoms with E-state index in [4.69, 9.17) is 0 Å². The lowest BCUT2D eigenvalue weighted by atomic mass is 9.72. The predicted molar refractivity (Wildman–Crippen MR) is 109 cm³/mol. The molecule has 0 bridgehead atoms. The van der Waals surface area contributed by atoms with Gasteiger partial charge in [0, 0.05) is 35.0 Å². The number of nitrogens with zero attached hydrogens (tertiary/aromatic N) is 3. The van der Waals surface area contributed by atoms with Crippen LogP contribution >= 0.6 is 0 Å². The summed E-state index contributed by atoms with van der Waals surface area (Å²) in [4.78, 5) is 11.5.